The SMILES string of the molecule is CSc1ccc2c(c1)CCCN(c1cc(C)c(NC(=O)CC(C)(C)C)c(C)c1)C2. The Morgan fingerprint density at radius 3 is 2.41 bits per heavy atom. The molecule has 0 unspecified atom stereocenters. The lowest BCUT2D eigenvalue weighted by Crippen LogP contribution is -2.23. The Balaban J connectivity index is 1.81. The number of fused-ring (bicyclic) bond motifs is 1. The van der Waals surface area contributed by atoms with Gasteiger partial charge in [-0.05, 0) is 84.9 Å². The number of rotatable bonds is 4. The van der Waals surface area contributed by atoms with Crippen LogP contribution in [0.2, 0.25) is 0 Å². The van der Waals surface area contributed by atoms with Crippen molar-refractivity contribution in [3.8, 4) is 0 Å². The van der Waals surface area contributed by atoms with Crippen LogP contribution in [0.5, 0.6) is 0 Å². The molecular weight excluding hydrogens is 376 g/mol. The van der Waals surface area contributed by atoms with Gasteiger partial charge in [0.15, 0.2) is 0 Å². The van der Waals surface area contributed by atoms with Crippen LogP contribution in [0.3, 0.4) is 0 Å². The predicted molar refractivity (Wildman–Crippen MR) is 126 cm³/mol. The molecule has 0 fully saturated rings. The highest BCUT2D eigenvalue weighted by Crippen LogP contribution is 2.32. The van der Waals surface area contributed by atoms with Crippen LogP contribution < -0.4 is 10.2 Å². The van der Waals surface area contributed by atoms with E-state index < -0.39 is 0 Å². The predicted octanol–water partition coefficient (Wildman–Crippen LogP) is 6.35. The van der Waals surface area contributed by atoms with Crippen LogP contribution in [0.25, 0.3) is 0 Å². The minimum Gasteiger partial charge on any atom is -0.367 e. The van der Waals surface area contributed by atoms with E-state index in [0.29, 0.717) is 6.42 Å². The molecule has 0 atom stereocenters. The van der Waals surface area contributed by atoms with Crippen molar-refractivity contribution < 1.29 is 4.79 Å². The van der Waals surface area contributed by atoms with E-state index in [2.05, 4.69) is 81.4 Å². The van der Waals surface area contributed by atoms with Crippen molar-refractivity contribution in [3.05, 3.63) is 52.6 Å². The number of amides is 1. The molecule has 0 radical (unpaired) electrons. The molecule has 0 saturated heterocycles. The third-order valence-corrected chi connectivity index (χ3v) is 6.21. The van der Waals surface area contributed by atoms with E-state index in [4.69, 9.17) is 0 Å². The molecule has 1 N–H and O–H groups in total. The van der Waals surface area contributed by atoms with Gasteiger partial charge in [-0.1, -0.05) is 26.8 Å². The highest BCUT2D eigenvalue weighted by atomic mass is 32.2. The fourth-order valence-corrected chi connectivity index (χ4v) is 4.53. The molecule has 2 aromatic carbocycles. The highest BCUT2D eigenvalue weighted by molar-refractivity contribution is 7.98. The Bertz CT molecular complexity index is 875. The molecule has 156 valence electrons. The first-order valence-corrected chi connectivity index (χ1v) is 11.7. The third kappa shape index (κ3) is 5.57. The summed E-state index contributed by atoms with van der Waals surface area (Å²) < 4.78 is 0. The fraction of sp³-hybridized carbons (Fsp3) is 0.480. The van der Waals surface area contributed by atoms with E-state index in [1.165, 1.54) is 21.7 Å². The molecule has 0 bridgehead atoms. The normalized spacial score (nSPS) is 14.3. The molecule has 0 saturated carbocycles. The molecule has 1 heterocycles. The van der Waals surface area contributed by atoms with E-state index in [9.17, 15) is 4.79 Å². The molecule has 3 nitrogen and oxygen atoms in total. The maximum atomic E-state index is 12.4. The summed E-state index contributed by atoms with van der Waals surface area (Å²) in [4.78, 5) is 16.3. The third-order valence-electron chi connectivity index (χ3n) is 5.49. The standard InChI is InChI=1S/C25H34N2OS/c1-17-12-21(13-18(2)24(17)26-23(28)15-25(3,4)5)27-11-7-8-19-14-22(29-6)10-9-20(19)16-27/h9-10,12-14H,7-8,11,15-16H2,1-6H3,(H,26,28). The van der Waals surface area contributed by atoms with Crippen molar-refractivity contribution >= 4 is 29.0 Å². The summed E-state index contributed by atoms with van der Waals surface area (Å²) in [5, 5.41) is 3.15. The maximum Gasteiger partial charge on any atom is 0.224 e. The van der Waals surface area contributed by atoms with Gasteiger partial charge in [-0.2, -0.15) is 0 Å². The van der Waals surface area contributed by atoms with Gasteiger partial charge in [0.1, 0.15) is 0 Å². The molecule has 1 aliphatic rings. The van der Waals surface area contributed by atoms with Crippen molar-refractivity contribution in [1.29, 1.82) is 0 Å². The molecule has 1 aliphatic heterocycles. The number of nitrogens with zero attached hydrogens (tertiary/aromatic N) is 1. The topological polar surface area (TPSA) is 32.3 Å². The zero-order chi connectivity index (χ0) is 21.2. The molecule has 4 heteroatoms. The second-order valence-corrected chi connectivity index (χ2v) is 10.3. The average Bonchev–Trinajstić information content (AvgIpc) is 2.84. The van der Waals surface area contributed by atoms with Crippen LogP contribution in [-0.2, 0) is 17.8 Å². The first-order chi connectivity index (χ1) is 13.7. The lowest BCUT2D eigenvalue weighted by atomic mass is 9.92. The zero-order valence-electron chi connectivity index (χ0n) is 18.7. The fourth-order valence-electron chi connectivity index (χ4n) is 4.07. The number of carbonyl (C=O) groups excluding carboxylic acids is 1. The van der Waals surface area contributed by atoms with Crippen molar-refractivity contribution in [1.82, 2.24) is 0 Å². The van der Waals surface area contributed by atoms with Gasteiger partial charge < -0.3 is 10.2 Å². The van der Waals surface area contributed by atoms with Gasteiger partial charge in [0, 0.05) is 35.8 Å². The number of nitrogens with one attached hydrogen (secondary N) is 1. The minimum atomic E-state index is -0.0125. The Labute approximate surface area is 180 Å². The van der Waals surface area contributed by atoms with Gasteiger partial charge in [0.25, 0.3) is 0 Å². The van der Waals surface area contributed by atoms with E-state index in [0.717, 1.165) is 42.7 Å². The second kappa shape index (κ2) is 8.83. The highest BCUT2D eigenvalue weighted by Gasteiger charge is 2.19. The van der Waals surface area contributed by atoms with Gasteiger partial charge >= 0.3 is 0 Å². The van der Waals surface area contributed by atoms with Crippen molar-refractivity contribution in [3.63, 3.8) is 0 Å². The van der Waals surface area contributed by atoms with Crippen molar-refractivity contribution in [2.24, 2.45) is 5.41 Å². The average molecular weight is 411 g/mol. The maximum absolute atomic E-state index is 12.4. The molecular formula is C25H34N2OS. The largest absolute Gasteiger partial charge is 0.367 e. The number of thioether (sulfide) groups is 1. The second-order valence-electron chi connectivity index (χ2n) is 9.40. The molecule has 0 spiro atoms. The molecule has 1 amide bonds. The quantitative estimate of drug-likeness (QED) is 0.596. The lowest BCUT2D eigenvalue weighted by Gasteiger charge is -2.26. The Kier molecular flexibility index (Phi) is 6.62. The van der Waals surface area contributed by atoms with Gasteiger partial charge in [0.2, 0.25) is 5.91 Å². The number of carbonyl (C=O) groups is 1. The monoisotopic (exact) mass is 410 g/mol. The van der Waals surface area contributed by atoms with E-state index in [1.807, 2.05) is 11.8 Å². The van der Waals surface area contributed by atoms with Crippen molar-refractivity contribution in [2.75, 3.05) is 23.0 Å². The van der Waals surface area contributed by atoms with Crippen LogP contribution in [0.15, 0.2) is 35.2 Å². The molecule has 0 aliphatic carbocycles. The van der Waals surface area contributed by atoms with E-state index in [-0.39, 0.29) is 11.3 Å². The summed E-state index contributed by atoms with van der Waals surface area (Å²) in [7, 11) is 0. The zero-order valence-corrected chi connectivity index (χ0v) is 19.5. The molecule has 3 rings (SSSR count). The van der Waals surface area contributed by atoms with Crippen LogP contribution in [0.4, 0.5) is 11.4 Å². The number of aryl methyl sites for hydroxylation is 3. The van der Waals surface area contributed by atoms with Gasteiger partial charge in [-0.15, -0.1) is 11.8 Å². The van der Waals surface area contributed by atoms with Gasteiger partial charge in [-0.3, -0.25) is 4.79 Å². The number of hydrogen-bond donors (Lipinski definition) is 1. The summed E-state index contributed by atoms with van der Waals surface area (Å²) in [6, 6.07) is 11.3. The van der Waals surface area contributed by atoms with Crippen molar-refractivity contribution in [2.45, 2.75) is 65.3 Å². The Morgan fingerprint density at radius 2 is 1.79 bits per heavy atom. The summed E-state index contributed by atoms with van der Waals surface area (Å²) in [5.74, 6) is 0.0877. The van der Waals surface area contributed by atoms with E-state index in [1.54, 1.807) is 0 Å². The summed E-state index contributed by atoms with van der Waals surface area (Å²) in [5.41, 5.74) is 7.37. The number of anilines is 2. The van der Waals surface area contributed by atoms with Gasteiger partial charge in [0.05, 0.1) is 0 Å². The van der Waals surface area contributed by atoms with Crippen LogP contribution >= 0.6 is 11.8 Å². The first-order valence-electron chi connectivity index (χ1n) is 10.5. The Morgan fingerprint density at radius 1 is 1.10 bits per heavy atom. The molecule has 2 aromatic rings. The first kappa shape index (κ1) is 21.8. The minimum absolute atomic E-state index is 0.0125. The Hall–Kier alpha value is -1.94. The van der Waals surface area contributed by atoms with Crippen LogP contribution in [0.1, 0.15) is 55.9 Å². The summed E-state index contributed by atoms with van der Waals surface area (Å²) >= 11 is 1.81. The molecule has 29 heavy (non-hydrogen) atoms. The summed E-state index contributed by atoms with van der Waals surface area (Å²) in [6.07, 6.45) is 4.96. The van der Waals surface area contributed by atoms with E-state index >= 15 is 0 Å². The molecule has 0 aromatic heterocycles. The smallest absolute Gasteiger partial charge is 0.224 e. The van der Waals surface area contributed by atoms with Crippen LogP contribution in [-0.4, -0.2) is 18.7 Å². The summed E-state index contributed by atoms with van der Waals surface area (Å²) in [6.45, 7) is 12.5. The number of benzene rings is 2. The van der Waals surface area contributed by atoms with Gasteiger partial charge in [-0.25, -0.2) is 0 Å². The number of hydrogen-bond acceptors (Lipinski definition) is 3. The lowest BCUT2D eigenvalue weighted by molar-refractivity contribution is -0.117. The van der Waals surface area contributed by atoms with Crippen LogP contribution in [0, 0.1) is 19.3 Å².